The van der Waals surface area contributed by atoms with E-state index in [1.54, 1.807) is 17.1 Å². The molecule has 1 aliphatic rings. The molecule has 0 radical (unpaired) electrons. The van der Waals surface area contributed by atoms with Gasteiger partial charge in [0.2, 0.25) is 0 Å². The molecule has 0 saturated heterocycles. The number of nitrogens with zero attached hydrogens (tertiary/aromatic N) is 5. The van der Waals surface area contributed by atoms with Crippen molar-refractivity contribution in [3.8, 4) is 5.82 Å². The second-order valence-corrected chi connectivity index (χ2v) is 6.13. The van der Waals surface area contributed by atoms with Crippen molar-refractivity contribution in [3.63, 3.8) is 0 Å². The molecule has 1 atom stereocenters. The molecule has 0 spiro atoms. The van der Waals surface area contributed by atoms with Gasteiger partial charge < -0.3 is 14.8 Å². The summed E-state index contributed by atoms with van der Waals surface area (Å²) in [6.07, 6.45) is 7.35. The first kappa shape index (κ1) is 15.4. The van der Waals surface area contributed by atoms with E-state index in [0.717, 1.165) is 17.9 Å². The predicted molar refractivity (Wildman–Crippen MR) is 93.1 cm³/mol. The second-order valence-electron chi connectivity index (χ2n) is 6.13. The molecule has 0 aromatic carbocycles. The molecule has 1 aliphatic heterocycles. The number of nitrogens with one attached hydrogen (secondary N) is 1. The molecule has 128 valence electrons. The van der Waals surface area contributed by atoms with Gasteiger partial charge in [0.25, 0.3) is 0 Å². The van der Waals surface area contributed by atoms with Gasteiger partial charge in [-0.2, -0.15) is 5.10 Å². The highest BCUT2D eigenvalue weighted by Gasteiger charge is 2.27. The number of urea groups is 1. The van der Waals surface area contributed by atoms with Crippen molar-refractivity contribution in [1.82, 2.24) is 29.5 Å². The molecule has 0 fully saturated rings. The van der Waals surface area contributed by atoms with E-state index >= 15 is 0 Å². The Bertz CT molecular complexity index is 869. The predicted octanol–water partition coefficient (Wildman–Crippen LogP) is 2.36. The Kier molecular flexibility index (Phi) is 3.97. The van der Waals surface area contributed by atoms with Gasteiger partial charge in [-0.15, -0.1) is 0 Å². The molecular weight excluding hydrogens is 316 g/mol. The summed E-state index contributed by atoms with van der Waals surface area (Å²) < 4.78 is 3.90. The molecular formula is C18H20N6O. The molecule has 7 nitrogen and oxygen atoms in total. The van der Waals surface area contributed by atoms with E-state index in [9.17, 15) is 4.79 Å². The smallest absolute Gasteiger partial charge is 0.318 e. The zero-order chi connectivity index (χ0) is 17.2. The van der Waals surface area contributed by atoms with E-state index in [4.69, 9.17) is 0 Å². The number of fused-ring (bicyclic) bond motifs is 1. The van der Waals surface area contributed by atoms with Crippen LogP contribution in [0.2, 0.25) is 0 Å². The van der Waals surface area contributed by atoms with Crippen LogP contribution in [0.25, 0.3) is 5.82 Å². The van der Waals surface area contributed by atoms with Gasteiger partial charge in [0.1, 0.15) is 0 Å². The van der Waals surface area contributed by atoms with Crippen molar-refractivity contribution in [3.05, 3.63) is 66.4 Å². The number of pyridine rings is 1. The summed E-state index contributed by atoms with van der Waals surface area (Å²) in [5.74, 6) is 0.737. The molecule has 4 heterocycles. The van der Waals surface area contributed by atoms with Gasteiger partial charge in [-0.25, -0.2) is 14.5 Å². The minimum Gasteiger partial charge on any atom is -0.348 e. The summed E-state index contributed by atoms with van der Waals surface area (Å²) in [5, 5.41) is 7.19. The van der Waals surface area contributed by atoms with Gasteiger partial charge in [-0.3, -0.25) is 0 Å². The van der Waals surface area contributed by atoms with Crippen molar-refractivity contribution in [2.24, 2.45) is 0 Å². The number of aromatic nitrogens is 4. The van der Waals surface area contributed by atoms with Gasteiger partial charge in [0, 0.05) is 50.1 Å². The maximum Gasteiger partial charge on any atom is 0.318 e. The quantitative estimate of drug-likeness (QED) is 0.798. The highest BCUT2D eigenvalue weighted by molar-refractivity contribution is 5.74. The van der Waals surface area contributed by atoms with Crippen molar-refractivity contribution >= 4 is 6.03 Å². The van der Waals surface area contributed by atoms with Gasteiger partial charge in [0.05, 0.1) is 6.04 Å². The fourth-order valence-electron chi connectivity index (χ4n) is 3.24. The third-order valence-corrected chi connectivity index (χ3v) is 4.60. The minimum absolute atomic E-state index is 0.0441. The molecule has 3 aromatic rings. The molecule has 7 heteroatoms. The maximum atomic E-state index is 12.6. The van der Waals surface area contributed by atoms with Gasteiger partial charge in [0.15, 0.2) is 5.82 Å². The lowest BCUT2D eigenvalue weighted by molar-refractivity contribution is 0.162. The summed E-state index contributed by atoms with van der Waals surface area (Å²) in [6.45, 7) is 4.06. The summed E-state index contributed by atoms with van der Waals surface area (Å²) in [7, 11) is 0. The van der Waals surface area contributed by atoms with Gasteiger partial charge >= 0.3 is 6.03 Å². The van der Waals surface area contributed by atoms with Crippen LogP contribution in [0.1, 0.15) is 24.2 Å². The number of carbonyl (C=O) groups excluding carboxylic acids is 1. The van der Waals surface area contributed by atoms with Crippen LogP contribution in [-0.2, 0) is 13.1 Å². The number of carbonyl (C=O) groups is 1. The molecule has 2 amide bonds. The Labute approximate surface area is 145 Å². The summed E-state index contributed by atoms with van der Waals surface area (Å²) in [6, 6.07) is 9.81. The standard InChI is InChI=1S/C18H20N6O/c1-14-16-4-2-8-22(16)10-11-23(14)18(25)20-13-15-5-7-19-17(12-15)24-9-3-6-21-24/h2-9,12,14H,10-11,13H2,1H3,(H,20,25)/t14-/m1/s1. The van der Waals surface area contributed by atoms with E-state index in [1.165, 1.54) is 5.69 Å². The lowest BCUT2D eigenvalue weighted by Gasteiger charge is -2.34. The molecule has 0 unspecified atom stereocenters. The van der Waals surface area contributed by atoms with Crippen LogP contribution in [-0.4, -0.2) is 36.8 Å². The first-order chi connectivity index (χ1) is 12.2. The highest BCUT2D eigenvalue weighted by atomic mass is 16.2. The number of hydrogen-bond acceptors (Lipinski definition) is 3. The van der Waals surface area contributed by atoms with Crippen molar-refractivity contribution in [2.75, 3.05) is 6.54 Å². The van der Waals surface area contributed by atoms with Crippen LogP contribution < -0.4 is 5.32 Å². The van der Waals surface area contributed by atoms with Crippen molar-refractivity contribution < 1.29 is 4.79 Å². The summed E-state index contributed by atoms with van der Waals surface area (Å²) >= 11 is 0. The topological polar surface area (TPSA) is 68.0 Å². The van der Waals surface area contributed by atoms with Gasteiger partial charge in [-0.1, -0.05) is 0 Å². The Hall–Kier alpha value is -3.09. The fourth-order valence-corrected chi connectivity index (χ4v) is 3.24. The molecule has 3 aromatic heterocycles. The Morgan fingerprint density at radius 3 is 3.00 bits per heavy atom. The average molecular weight is 336 g/mol. The van der Waals surface area contributed by atoms with Crippen molar-refractivity contribution in [1.29, 1.82) is 0 Å². The maximum absolute atomic E-state index is 12.6. The average Bonchev–Trinajstić information content (AvgIpc) is 3.32. The zero-order valence-corrected chi connectivity index (χ0v) is 14.0. The van der Waals surface area contributed by atoms with Crippen LogP contribution in [0.4, 0.5) is 4.79 Å². The van der Waals surface area contributed by atoms with Crippen LogP contribution in [0.15, 0.2) is 55.1 Å². The second kappa shape index (κ2) is 6.43. The molecule has 25 heavy (non-hydrogen) atoms. The normalized spacial score (nSPS) is 16.5. The molecule has 0 aliphatic carbocycles. The Balaban J connectivity index is 1.42. The van der Waals surface area contributed by atoms with E-state index < -0.39 is 0 Å². The number of rotatable bonds is 3. The first-order valence-corrected chi connectivity index (χ1v) is 8.37. The third-order valence-electron chi connectivity index (χ3n) is 4.60. The fraction of sp³-hybridized carbons (Fsp3) is 0.278. The van der Waals surface area contributed by atoms with E-state index in [-0.39, 0.29) is 12.1 Å². The highest BCUT2D eigenvalue weighted by Crippen LogP contribution is 2.25. The largest absolute Gasteiger partial charge is 0.348 e. The van der Waals surface area contributed by atoms with Crippen molar-refractivity contribution in [2.45, 2.75) is 26.1 Å². The Morgan fingerprint density at radius 1 is 1.24 bits per heavy atom. The lowest BCUT2D eigenvalue weighted by atomic mass is 10.1. The Morgan fingerprint density at radius 2 is 2.16 bits per heavy atom. The molecule has 1 N–H and O–H groups in total. The summed E-state index contributed by atoms with van der Waals surface area (Å²) in [4.78, 5) is 18.8. The van der Waals surface area contributed by atoms with E-state index in [2.05, 4.69) is 39.2 Å². The molecule has 0 bridgehead atoms. The van der Waals surface area contributed by atoms with Crippen LogP contribution in [0, 0.1) is 0 Å². The number of amides is 2. The van der Waals surface area contributed by atoms with Gasteiger partial charge in [-0.05, 0) is 42.8 Å². The SMILES string of the molecule is C[C@@H]1c2cccn2CCN1C(=O)NCc1ccnc(-n2cccn2)c1. The molecule has 4 rings (SSSR count). The van der Waals surface area contributed by atoms with Crippen LogP contribution in [0.3, 0.4) is 0 Å². The monoisotopic (exact) mass is 336 g/mol. The number of hydrogen-bond donors (Lipinski definition) is 1. The third kappa shape index (κ3) is 3.00. The minimum atomic E-state index is -0.0441. The first-order valence-electron chi connectivity index (χ1n) is 8.37. The zero-order valence-electron chi connectivity index (χ0n) is 14.0. The van der Waals surface area contributed by atoms with E-state index in [0.29, 0.717) is 13.1 Å². The van der Waals surface area contributed by atoms with E-state index in [1.807, 2.05) is 35.4 Å². The lowest BCUT2D eigenvalue weighted by Crippen LogP contribution is -2.45. The van der Waals surface area contributed by atoms with Crippen LogP contribution >= 0.6 is 0 Å². The summed E-state index contributed by atoms with van der Waals surface area (Å²) in [5.41, 5.74) is 2.16. The van der Waals surface area contributed by atoms with Crippen LogP contribution in [0.5, 0.6) is 0 Å². The molecule has 0 saturated carbocycles.